The number of carbonyl (C=O) groups excluding carboxylic acids is 1. The van der Waals surface area contributed by atoms with Gasteiger partial charge in [-0.05, 0) is 42.0 Å². The van der Waals surface area contributed by atoms with Crippen molar-refractivity contribution in [1.82, 2.24) is 0 Å². The Bertz CT molecular complexity index is 963. The van der Waals surface area contributed by atoms with Gasteiger partial charge < -0.3 is 5.32 Å². The van der Waals surface area contributed by atoms with E-state index in [1.54, 1.807) is 16.7 Å². The van der Waals surface area contributed by atoms with Crippen LogP contribution in [0.3, 0.4) is 0 Å². The molecule has 3 aromatic carbocycles. The number of fused-ring (bicyclic) bond motifs is 2. The Labute approximate surface area is 156 Å². The Hall–Kier alpha value is -3.23. The number of hydrogen-bond donors (Lipinski definition) is 1. The number of para-hydroxylation sites is 2. The molecule has 3 aromatic rings. The number of anilines is 3. The Morgan fingerprint density at radius 2 is 1.50 bits per heavy atom. The standard InChI is InChI=1S/C21H15N3OS/c22-14-13-15-9-11-16(12-10-15)23-21(25)24-17-5-1-3-7-19(17)26-20-8-4-2-6-18(20)24/h1-12H,13H2,(H,23,25). The van der Waals surface area contributed by atoms with E-state index in [0.29, 0.717) is 12.1 Å². The van der Waals surface area contributed by atoms with Crippen LogP contribution < -0.4 is 10.2 Å². The Kier molecular flexibility index (Phi) is 4.34. The van der Waals surface area contributed by atoms with Crippen molar-refractivity contribution in [2.45, 2.75) is 16.2 Å². The van der Waals surface area contributed by atoms with Crippen molar-refractivity contribution in [2.24, 2.45) is 0 Å². The summed E-state index contributed by atoms with van der Waals surface area (Å²) in [4.78, 5) is 16.9. The number of benzene rings is 3. The van der Waals surface area contributed by atoms with Gasteiger partial charge in [0.2, 0.25) is 0 Å². The van der Waals surface area contributed by atoms with Gasteiger partial charge in [0, 0.05) is 15.5 Å². The molecule has 1 aliphatic rings. The third kappa shape index (κ3) is 3.03. The van der Waals surface area contributed by atoms with Crippen LogP contribution in [0.25, 0.3) is 0 Å². The second-order valence-corrected chi connectivity index (χ2v) is 6.92. The smallest absolute Gasteiger partial charge is 0.307 e. The van der Waals surface area contributed by atoms with E-state index in [2.05, 4.69) is 11.4 Å². The molecule has 1 N–H and O–H groups in total. The molecule has 0 aliphatic carbocycles. The first-order valence-electron chi connectivity index (χ1n) is 8.19. The zero-order valence-electron chi connectivity index (χ0n) is 13.8. The molecular formula is C21H15N3OS. The first kappa shape index (κ1) is 16.2. The van der Waals surface area contributed by atoms with E-state index < -0.39 is 0 Å². The molecule has 126 valence electrons. The van der Waals surface area contributed by atoms with Crippen LogP contribution in [0.1, 0.15) is 5.56 Å². The number of amides is 2. The topological polar surface area (TPSA) is 56.1 Å². The first-order valence-corrected chi connectivity index (χ1v) is 9.01. The third-order valence-electron chi connectivity index (χ3n) is 4.12. The summed E-state index contributed by atoms with van der Waals surface area (Å²) in [7, 11) is 0. The van der Waals surface area contributed by atoms with Crippen molar-refractivity contribution >= 4 is 34.9 Å². The summed E-state index contributed by atoms with van der Waals surface area (Å²) in [6, 6.07) is 25.0. The minimum absolute atomic E-state index is 0.210. The van der Waals surface area contributed by atoms with Gasteiger partial charge in [-0.1, -0.05) is 48.2 Å². The van der Waals surface area contributed by atoms with Gasteiger partial charge in [0.25, 0.3) is 0 Å². The van der Waals surface area contributed by atoms with Crippen LogP contribution >= 0.6 is 11.8 Å². The van der Waals surface area contributed by atoms with Gasteiger partial charge in [0.1, 0.15) is 0 Å². The second-order valence-electron chi connectivity index (χ2n) is 5.83. The lowest BCUT2D eigenvalue weighted by molar-refractivity contribution is 0.259. The highest BCUT2D eigenvalue weighted by Gasteiger charge is 2.27. The van der Waals surface area contributed by atoms with Crippen LogP contribution in [-0.4, -0.2) is 6.03 Å². The molecule has 0 saturated heterocycles. The van der Waals surface area contributed by atoms with Gasteiger partial charge >= 0.3 is 6.03 Å². The van der Waals surface area contributed by atoms with Gasteiger partial charge in [-0.3, -0.25) is 4.90 Å². The lowest BCUT2D eigenvalue weighted by atomic mass is 10.1. The van der Waals surface area contributed by atoms with Crippen molar-refractivity contribution < 1.29 is 4.79 Å². The summed E-state index contributed by atoms with van der Waals surface area (Å²) >= 11 is 1.67. The molecule has 4 rings (SSSR count). The molecule has 0 radical (unpaired) electrons. The highest BCUT2D eigenvalue weighted by Crippen LogP contribution is 2.47. The van der Waals surface area contributed by atoms with Crippen molar-refractivity contribution in [3.05, 3.63) is 78.4 Å². The van der Waals surface area contributed by atoms with Crippen molar-refractivity contribution in [2.75, 3.05) is 10.2 Å². The van der Waals surface area contributed by atoms with Crippen molar-refractivity contribution in [3.63, 3.8) is 0 Å². The van der Waals surface area contributed by atoms with Gasteiger partial charge in [-0.25, -0.2) is 4.79 Å². The number of nitrogens with one attached hydrogen (secondary N) is 1. The SMILES string of the molecule is N#CCc1ccc(NC(=O)N2c3ccccc3Sc3ccccc32)cc1. The molecule has 4 nitrogen and oxygen atoms in total. The predicted molar refractivity (Wildman–Crippen MR) is 104 cm³/mol. The Balaban J connectivity index is 1.66. The van der Waals surface area contributed by atoms with Gasteiger partial charge in [-0.15, -0.1) is 0 Å². The number of carbonyl (C=O) groups is 1. The maximum absolute atomic E-state index is 13.1. The van der Waals surface area contributed by atoms with E-state index in [9.17, 15) is 4.79 Å². The van der Waals surface area contributed by atoms with Crippen molar-refractivity contribution in [3.8, 4) is 6.07 Å². The second kappa shape index (κ2) is 6.95. The molecule has 0 fully saturated rings. The van der Waals surface area contributed by atoms with E-state index >= 15 is 0 Å². The lowest BCUT2D eigenvalue weighted by Gasteiger charge is -2.31. The maximum Gasteiger partial charge on any atom is 0.331 e. The molecule has 0 atom stereocenters. The summed E-state index contributed by atoms with van der Waals surface area (Å²) in [5.41, 5.74) is 3.37. The molecule has 0 aromatic heterocycles. The van der Waals surface area contributed by atoms with E-state index in [-0.39, 0.29) is 6.03 Å². The maximum atomic E-state index is 13.1. The molecule has 1 aliphatic heterocycles. The summed E-state index contributed by atoms with van der Waals surface area (Å²) in [6.07, 6.45) is 0.359. The van der Waals surface area contributed by atoms with Gasteiger partial charge in [0.05, 0.1) is 23.9 Å². The fourth-order valence-electron chi connectivity index (χ4n) is 2.90. The third-order valence-corrected chi connectivity index (χ3v) is 5.25. The quantitative estimate of drug-likeness (QED) is 0.650. The van der Waals surface area contributed by atoms with Crippen LogP contribution in [-0.2, 0) is 6.42 Å². The Morgan fingerprint density at radius 1 is 0.923 bits per heavy atom. The average Bonchev–Trinajstić information content (AvgIpc) is 2.67. The number of nitrogens with zero attached hydrogens (tertiary/aromatic N) is 2. The molecule has 1 heterocycles. The number of hydrogen-bond acceptors (Lipinski definition) is 3. The zero-order valence-corrected chi connectivity index (χ0v) is 14.7. The van der Waals surface area contributed by atoms with Crippen LogP contribution in [0, 0.1) is 11.3 Å². The molecule has 0 saturated carbocycles. The largest absolute Gasteiger partial charge is 0.331 e. The predicted octanol–water partition coefficient (Wildman–Crippen LogP) is 5.59. The Morgan fingerprint density at radius 3 is 2.08 bits per heavy atom. The zero-order chi connectivity index (χ0) is 17.9. The van der Waals surface area contributed by atoms with Crippen molar-refractivity contribution in [1.29, 1.82) is 5.26 Å². The summed E-state index contributed by atoms with van der Waals surface area (Å²) < 4.78 is 0. The average molecular weight is 357 g/mol. The molecule has 2 amide bonds. The molecule has 26 heavy (non-hydrogen) atoms. The van der Waals surface area contributed by atoms with Crippen LogP contribution in [0.4, 0.5) is 21.9 Å². The normalized spacial score (nSPS) is 11.9. The summed E-state index contributed by atoms with van der Waals surface area (Å²) in [6.45, 7) is 0. The van der Waals surface area contributed by atoms with Crippen LogP contribution in [0.5, 0.6) is 0 Å². The van der Waals surface area contributed by atoms with Crippen LogP contribution in [0.2, 0.25) is 0 Å². The summed E-state index contributed by atoms with van der Waals surface area (Å²) in [5, 5.41) is 11.7. The molecule has 5 heteroatoms. The number of nitriles is 1. The van der Waals surface area contributed by atoms with E-state index in [4.69, 9.17) is 5.26 Å². The fourth-order valence-corrected chi connectivity index (χ4v) is 3.96. The highest BCUT2D eigenvalue weighted by molar-refractivity contribution is 7.99. The van der Waals surface area contributed by atoms with Gasteiger partial charge in [-0.2, -0.15) is 5.26 Å². The van der Waals surface area contributed by atoms with Gasteiger partial charge in [0.15, 0.2) is 0 Å². The molecule has 0 spiro atoms. The minimum Gasteiger partial charge on any atom is -0.307 e. The number of urea groups is 1. The molecular weight excluding hydrogens is 342 g/mol. The lowest BCUT2D eigenvalue weighted by Crippen LogP contribution is -2.32. The van der Waals surface area contributed by atoms with Crippen LogP contribution in [0.15, 0.2) is 82.6 Å². The highest BCUT2D eigenvalue weighted by atomic mass is 32.2. The van der Waals surface area contributed by atoms with E-state index in [1.807, 2.05) is 72.8 Å². The minimum atomic E-state index is -0.210. The molecule has 0 unspecified atom stereocenters. The molecule has 0 bridgehead atoms. The summed E-state index contributed by atoms with van der Waals surface area (Å²) in [5.74, 6) is 0. The van der Waals surface area contributed by atoms with E-state index in [1.165, 1.54) is 0 Å². The first-order chi connectivity index (χ1) is 12.8. The fraction of sp³-hybridized carbons (Fsp3) is 0.0476. The van der Waals surface area contributed by atoms with E-state index in [0.717, 1.165) is 26.7 Å². The monoisotopic (exact) mass is 357 g/mol. The number of rotatable bonds is 2.